The van der Waals surface area contributed by atoms with E-state index in [2.05, 4.69) is 54.4 Å². The van der Waals surface area contributed by atoms with Crippen LogP contribution in [0.15, 0.2) is 18.5 Å². The summed E-state index contributed by atoms with van der Waals surface area (Å²) in [6.07, 6.45) is 2.26. The molecule has 0 aliphatic heterocycles. The van der Waals surface area contributed by atoms with Gasteiger partial charge in [-0.3, -0.25) is 10.1 Å². The quantitative estimate of drug-likeness (QED) is 0.439. The van der Waals surface area contributed by atoms with Crippen molar-refractivity contribution in [1.29, 1.82) is 0 Å². The molecule has 34 heavy (non-hydrogen) atoms. The first-order valence-corrected chi connectivity index (χ1v) is 14.1. The zero-order chi connectivity index (χ0) is 25.7. The fraction of sp³-hybridized carbons (Fsp3) is 0.609. The largest absolute Gasteiger partial charge is 0.494 e. The highest BCUT2D eigenvalue weighted by atomic mass is 28.4. The molecular formula is C23H39N5O5Si. The molecule has 0 saturated carbocycles. The molecule has 2 aromatic rings. The third-order valence-corrected chi connectivity index (χ3v) is 10.1. The summed E-state index contributed by atoms with van der Waals surface area (Å²) in [5.74, 6) is 1.33. The maximum atomic E-state index is 12.3. The molecule has 1 atom stereocenters. The molecule has 2 rings (SSSR count). The first kappa shape index (κ1) is 27.5. The number of nitrogens with two attached hydrogens (primary N) is 1. The minimum absolute atomic E-state index is 0.0205. The first-order valence-electron chi connectivity index (χ1n) is 11.2. The summed E-state index contributed by atoms with van der Waals surface area (Å²) in [6.45, 7) is 16.6. The summed E-state index contributed by atoms with van der Waals surface area (Å²) in [4.78, 5) is 16.5. The monoisotopic (exact) mass is 493 g/mol. The van der Waals surface area contributed by atoms with E-state index in [4.69, 9.17) is 24.4 Å². The summed E-state index contributed by atoms with van der Waals surface area (Å²) < 4.78 is 23.6. The fourth-order valence-electron chi connectivity index (χ4n) is 2.84. The lowest BCUT2D eigenvalue weighted by Crippen LogP contribution is -2.49. The number of rotatable bonds is 9. The van der Waals surface area contributed by atoms with Crippen LogP contribution in [0.2, 0.25) is 18.1 Å². The van der Waals surface area contributed by atoms with Gasteiger partial charge in [0.1, 0.15) is 23.8 Å². The van der Waals surface area contributed by atoms with Gasteiger partial charge in [-0.1, -0.05) is 20.8 Å². The molecule has 11 heteroatoms. The second-order valence-corrected chi connectivity index (χ2v) is 15.4. The van der Waals surface area contributed by atoms with E-state index in [1.807, 2.05) is 20.8 Å². The lowest BCUT2D eigenvalue weighted by Gasteiger charge is -2.39. The predicted octanol–water partition coefficient (Wildman–Crippen LogP) is 4.36. The van der Waals surface area contributed by atoms with Crippen molar-refractivity contribution in [3.8, 4) is 22.8 Å². The smallest absolute Gasteiger partial charge is 0.407 e. The second-order valence-electron chi connectivity index (χ2n) is 10.6. The number of carbonyl (C=O) groups excluding carboxylic acids is 1. The number of nitrogen functional groups attached to an aromatic ring is 1. The van der Waals surface area contributed by atoms with Gasteiger partial charge in [0.2, 0.25) is 0 Å². The van der Waals surface area contributed by atoms with Gasteiger partial charge in [-0.15, -0.1) is 0 Å². The fourth-order valence-corrected chi connectivity index (χ4v) is 4.18. The first-order chi connectivity index (χ1) is 15.6. The van der Waals surface area contributed by atoms with Crippen LogP contribution in [0, 0.1) is 0 Å². The van der Waals surface area contributed by atoms with Gasteiger partial charge in [-0.05, 0) is 38.9 Å². The van der Waals surface area contributed by atoms with Crippen LogP contribution >= 0.6 is 0 Å². The molecule has 0 radical (unpaired) electrons. The van der Waals surface area contributed by atoms with Crippen LogP contribution in [0.1, 0.15) is 41.5 Å². The average molecular weight is 494 g/mol. The number of H-pyrrole nitrogens is 1. The number of methoxy groups -OCH3 is 1. The number of pyridine rings is 1. The number of aromatic nitrogens is 3. The zero-order valence-corrected chi connectivity index (χ0v) is 22.7. The third kappa shape index (κ3) is 7.62. The molecule has 0 spiro atoms. The molecule has 0 aliphatic rings. The molecule has 0 unspecified atom stereocenters. The molecule has 190 valence electrons. The predicted molar refractivity (Wildman–Crippen MR) is 135 cm³/mol. The van der Waals surface area contributed by atoms with E-state index in [-0.39, 0.29) is 18.2 Å². The van der Waals surface area contributed by atoms with Crippen molar-refractivity contribution in [2.24, 2.45) is 0 Å². The van der Waals surface area contributed by atoms with Gasteiger partial charge in [0.25, 0.3) is 0 Å². The molecule has 1 amide bonds. The molecule has 2 heterocycles. The summed E-state index contributed by atoms with van der Waals surface area (Å²) >= 11 is 0. The van der Waals surface area contributed by atoms with E-state index in [1.54, 1.807) is 25.6 Å². The van der Waals surface area contributed by atoms with Gasteiger partial charge in [-0.25, -0.2) is 4.79 Å². The Balaban J connectivity index is 2.25. The number of aromatic amines is 1. The number of hydrogen-bond acceptors (Lipinski definition) is 8. The van der Waals surface area contributed by atoms with Crippen LogP contribution in [0.25, 0.3) is 11.3 Å². The Morgan fingerprint density at radius 3 is 2.35 bits per heavy atom. The Hall–Kier alpha value is -2.79. The van der Waals surface area contributed by atoms with Gasteiger partial charge >= 0.3 is 6.09 Å². The summed E-state index contributed by atoms with van der Waals surface area (Å²) in [5.41, 5.74) is 6.49. The van der Waals surface area contributed by atoms with E-state index in [0.717, 1.165) is 0 Å². The molecule has 2 aromatic heterocycles. The Morgan fingerprint density at radius 1 is 1.18 bits per heavy atom. The SMILES string of the molecule is COc1cncc(OC[C@H](CNC(=O)OC(C)(C)C)O[Si](C)(C)C(C)(C)C)c1-c1cc(N)n[nH]1. The van der Waals surface area contributed by atoms with Crippen molar-refractivity contribution < 1.29 is 23.4 Å². The molecule has 4 N–H and O–H groups in total. The van der Waals surface area contributed by atoms with Crippen LogP contribution in [0.3, 0.4) is 0 Å². The Kier molecular flexibility index (Phi) is 8.59. The molecule has 0 aromatic carbocycles. The summed E-state index contributed by atoms with van der Waals surface area (Å²) in [6, 6.07) is 1.69. The molecule has 0 bridgehead atoms. The number of hydrogen-bond donors (Lipinski definition) is 3. The van der Waals surface area contributed by atoms with E-state index in [1.165, 1.54) is 0 Å². The minimum atomic E-state index is -2.16. The standard InChI is InChI=1S/C23H39N5O5Si/c1-22(2,3)32-21(29)26-11-15(33-34(8,9)23(4,5)6)14-31-18-13-25-12-17(30-7)20(18)16-10-19(24)28-27-16/h10,12-13,15H,11,14H2,1-9H3,(H,26,29)(H3,24,27,28)/t15-/m0/s1. The van der Waals surface area contributed by atoms with E-state index in [9.17, 15) is 4.79 Å². The van der Waals surface area contributed by atoms with Crippen LogP contribution in [-0.2, 0) is 9.16 Å². The van der Waals surface area contributed by atoms with Gasteiger partial charge in [0, 0.05) is 12.6 Å². The number of amides is 1. The summed E-state index contributed by atoms with van der Waals surface area (Å²) in [7, 11) is -0.608. The summed E-state index contributed by atoms with van der Waals surface area (Å²) in [5, 5.41) is 9.67. The van der Waals surface area contributed by atoms with Crippen molar-refractivity contribution in [2.45, 2.75) is 71.4 Å². The molecule has 0 saturated heterocycles. The topological polar surface area (TPSA) is 134 Å². The maximum absolute atomic E-state index is 12.3. The Morgan fingerprint density at radius 2 is 1.82 bits per heavy atom. The Bertz CT molecular complexity index is 965. The average Bonchev–Trinajstić information content (AvgIpc) is 3.13. The molecule has 0 aliphatic carbocycles. The Labute approximate surface area is 203 Å². The zero-order valence-electron chi connectivity index (χ0n) is 21.7. The minimum Gasteiger partial charge on any atom is -0.494 e. The van der Waals surface area contributed by atoms with Crippen LogP contribution in [0.4, 0.5) is 10.6 Å². The molecule has 0 fully saturated rings. The van der Waals surface area contributed by atoms with Gasteiger partial charge in [0.15, 0.2) is 14.1 Å². The van der Waals surface area contributed by atoms with Crippen molar-refractivity contribution >= 4 is 20.2 Å². The van der Waals surface area contributed by atoms with Gasteiger partial charge < -0.3 is 29.7 Å². The number of anilines is 1. The van der Waals surface area contributed by atoms with Crippen molar-refractivity contribution in [3.63, 3.8) is 0 Å². The third-order valence-electron chi connectivity index (χ3n) is 5.53. The number of ether oxygens (including phenoxy) is 3. The van der Waals surface area contributed by atoms with Crippen LogP contribution in [0.5, 0.6) is 11.5 Å². The molecule has 10 nitrogen and oxygen atoms in total. The van der Waals surface area contributed by atoms with Gasteiger partial charge in [0.05, 0.1) is 36.9 Å². The van der Waals surface area contributed by atoms with Crippen LogP contribution < -0.4 is 20.5 Å². The van der Waals surface area contributed by atoms with Gasteiger partial charge in [-0.2, -0.15) is 5.10 Å². The van der Waals surface area contributed by atoms with Crippen molar-refractivity contribution in [3.05, 3.63) is 18.5 Å². The van der Waals surface area contributed by atoms with Crippen molar-refractivity contribution in [1.82, 2.24) is 20.5 Å². The van der Waals surface area contributed by atoms with Crippen molar-refractivity contribution in [2.75, 3.05) is 26.0 Å². The number of carbonyl (C=O) groups is 1. The van der Waals surface area contributed by atoms with E-state index < -0.39 is 26.1 Å². The normalized spacial score (nSPS) is 13.3. The number of nitrogens with zero attached hydrogens (tertiary/aromatic N) is 2. The maximum Gasteiger partial charge on any atom is 0.407 e. The number of nitrogens with one attached hydrogen (secondary N) is 2. The highest BCUT2D eigenvalue weighted by Gasteiger charge is 2.39. The highest BCUT2D eigenvalue weighted by molar-refractivity contribution is 6.74. The second kappa shape index (κ2) is 10.6. The van der Waals surface area contributed by atoms with E-state index >= 15 is 0 Å². The van der Waals surface area contributed by atoms with E-state index in [0.29, 0.717) is 28.6 Å². The lowest BCUT2D eigenvalue weighted by atomic mass is 10.1. The lowest BCUT2D eigenvalue weighted by molar-refractivity contribution is 0.0472. The highest BCUT2D eigenvalue weighted by Crippen LogP contribution is 2.39. The number of alkyl carbamates (subject to hydrolysis) is 1. The molecular weight excluding hydrogens is 454 g/mol. The van der Waals surface area contributed by atoms with Crippen LogP contribution in [-0.4, -0.2) is 61.6 Å².